The van der Waals surface area contributed by atoms with Crippen LogP contribution in [0.1, 0.15) is 22.3 Å². The highest BCUT2D eigenvalue weighted by atomic mass is 127. The smallest absolute Gasteiger partial charge is 0.250 e. The highest BCUT2D eigenvalue weighted by Gasteiger charge is 2.62. The molecule has 4 rings (SSSR count). The third-order valence-corrected chi connectivity index (χ3v) is 7.76. The minimum absolute atomic E-state index is 0.0507. The van der Waals surface area contributed by atoms with Crippen LogP contribution in [0, 0.1) is 15.4 Å². The number of aliphatic hydroxyl groups excluding tert-OH is 3. The third-order valence-electron chi connectivity index (χ3n) is 6.75. The maximum Gasteiger partial charge on any atom is 0.250 e. The van der Waals surface area contributed by atoms with E-state index in [-0.39, 0.29) is 23.3 Å². The van der Waals surface area contributed by atoms with Crippen LogP contribution < -0.4 is 5.73 Å². The Kier molecular flexibility index (Phi) is 5.11. The number of ketones is 1. The molecule has 0 aliphatic heterocycles. The number of nitrogens with two attached hydrogens (primary N) is 1. The van der Waals surface area contributed by atoms with Gasteiger partial charge in [0.25, 0.3) is 5.91 Å². The summed E-state index contributed by atoms with van der Waals surface area (Å²) in [6, 6.07) is 2.15. The van der Waals surface area contributed by atoms with E-state index in [0.29, 0.717) is 12.0 Å². The van der Waals surface area contributed by atoms with Crippen LogP contribution in [-0.4, -0.2) is 74.0 Å². The van der Waals surface area contributed by atoms with Gasteiger partial charge >= 0.3 is 0 Å². The Morgan fingerprint density at radius 2 is 1.90 bits per heavy atom. The number of Topliss-reactive ketones (excluding diaryl/α,β-unsaturated/α-hetero) is 1. The van der Waals surface area contributed by atoms with Gasteiger partial charge in [-0.25, -0.2) is 0 Å². The summed E-state index contributed by atoms with van der Waals surface area (Å²) in [5, 5.41) is 54.6. The van der Waals surface area contributed by atoms with E-state index in [1.165, 1.54) is 6.07 Å². The molecule has 5 atom stereocenters. The largest absolute Gasteiger partial charge is 0.510 e. The maximum atomic E-state index is 13.3. The van der Waals surface area contributed by atoms with E-state index in [4.69, 9.17) is 5.73 Å². The molecule has 0 heterocycles. The molecule has 10 heteroatoms. The van der Waals surface area contributed by atoms with E-state index in [9.17, 15) is 35.1 Å². The first-order valence-electron chi connectivity index (χ1n) is 9.71. The predicted octanol–water partition coefficient (Wildman–Crippen LogP) is 0.517. The molecule has 7 N–H and O–H groups in total. The van der Waals surface area contributed by atoms with Crippen molar-refractivity contribution < 1.29 is 35.1 Å². The molecule has 9 nitrogen and oxygen atoms in total. The highest BCUT2D eigenvalue weighted by Crippen LogP contribution is 2.53. The summed E-state index contributed by atoms with van der Waals surface area (Å²) in [4.78, 5) is 26.9. The van der Waals surface area contributed by atoms with Crippen LogP contribution >= 0.6 is 22.6 Å². The summed E-state index contributed by atoms with van der Waals surface area (Å²) in [5.41, 5.74) is 2.92. The van der Waals surface area contributed by atoms with E-state index >= 15 is 0 Å². The van der Waals surface area contributed by atoms with Gasteiger partial charge in [-0.1, -0.05) is 0 Å². The zero-order chi connectivity index (χ0) is 23.0. The van der Waals surface area contributed by atoms with Crippen LogP contribution in [0.25, 0.3) is 0 Å². The van der Waals surface area contributed by atoms with E-state index < -0.39 is 58.4 Å². The molecule has 0 aromatic heterocycles. The number of amides is 1. The fourth-order valence-electron chi connectivity index (χ4n) is 5.39. The second-order valence-electron chi connectivity index (χ2n) is 8.55. The van der Waals surface area contributed by atoms with Gasteiger partial charge in [-0.05, 0) is 73.1 Å². The number of aliphatic hydroxyl groups is 4. The average Bonchev–Trinajstić information content (AvgIpc) is 2.67. The number of allylic oxidation sites excluding steroid dienone is 1. The van der Waals surface area contributed by atoms with Crippen molar-refractivity contribution in [3.63, 3.8) is 0 Å². The van der Waals surface area contributed by atoms with E-state index in [1.54, 1.807) is 25.1 Å². The summed E-state index contributed by atoms with van der Waals surface area (Å²) < 4.78 is 0.782. The second-order valence-corrected chi connectivity index (χ2v) is 9.72. The molecule has 1 aromatic rings. The number of likely N-dealkylation sites (N-methyl/N-ethyl adjacent to an activating group) is 1. The number of benzene rings is 1. The van der Waals surface area contributed by atoms with Crippen LogP contribution in [0.15, 0.2) is 34.8 Å². The normalized spacial score (nSPS) is 32.6. The molecule has 31 heavy (non-hydrogen) atoms. The molecule has 3 aliphatic carbocycles. The Bertz CT molecular complexity index is 1080. The van der Waals surface area contributed by atoms with Crippen LogP contribution in [0.3, 0.4) is 0 Å². The second kappa shape index (κ2) is 7.19. The topological polar surface area (TPSA) is 165 Å². The zero-order valence-corrected chi connectivity index (χ0v) is 19.0. The number of rotatable bonds is 2. The Morgan fingerprint density at radius 3 is 2.48 bits per heavy atom. The van der Waals surface area contributed by atoms with Crippen molar-refractivity contribution in [3.05, 3.63) is 49.5 Å². The number of primary amides is 1. The van der Waals surface area contributed by atoms with E-state index in [2.05, 4.69) is 22.6 Å². The van der Waals surface area contributed by atoms with Gasteiger partial charge in [-0.3, -0.25) is 14.5 Å². The van der Waals surface area contributed by atoms with Crippen LogP contribution in [0.4, 0.5) is 0 Å². The van der Waals surface area contributed by atoms with Crippen LogP contribution in [-0.2, 0) is 11.2 Å². The summed E-state index contributed by atoms with van der Waals surface area (Å²) in [6.45, 7) is 0. The van der Waals surface area contributed by atoms with Crippen molar-refractivity contribution in [1.82, 2.24) is 4.90 Å². The molecule has 0 bridgehead atoms. The van der Waals surface area contributed by atoms with Gasteiger partial charge in [0.05, 0.1) is 17.2 Å². The van der Waals surface area contributed by atoms with Gasteiger partial charge in [0.1, 0.15) is 23.4 Å². The molecule has 0 saturated carbocycles. The Labute approximate surface area is 191 Å². The number of carbonyl (C=O) groups is 2. The Hall–Kier alpha value is -2.15. The van der Waals surface area contributed by atoms with Crippen LogP contribution in [0.2, 0.25) is 0 Å². The average molecular weight is 542 g/mol. The molecule has 1 amide bonds. The van der Waals surface area contributed by atoms with Crippen LogP contribution in [0.5, 0.6) is 5.75 Å². The molecule has 3 aliphatic rings. The fraction of sp³-hybridized carbons (Fsp3) is 0.429. The molecule has 1 aromatic carbocycles. The minimum atomic E-state index is -2.41. The first-order chi connectivity index (χ1) is 14.4. The standard InChI is InChI=1S/C21H23IN2O7/c1-24(2)15-9-6-7-5-8-10(22)3-4-11(25)13(8)16(26)12(7)18(28)21(9,31)19(29)14(17(15)27)20(23)30/h3-4,7,9,15,19,25,27-29,31H,5-6H2,1-2H3,(H2,23,30)/t7-,9-,15-,19?,21-/m0/s1. The molecule has 0 radical (unpaired) electrons. The van der Waals surface area contributed by atoms with Crippen molar-refractivity contribution in [2.75, 3.05) is 14.1 Å². The van der Waals surface area contributed by atoms with E-state index in [1.807, 2.05) is 0 Å². The van der Waals surface area contributed by atoms with E-state index in [0.717, 1.165) is 3.57 Å². The first-order valence-corrected chi connectivity index (χ1v) is 10.8. The van der Waals surface area contributed by atoms with Gasteiger partial charge in [0.2, 0.25) is 0 Å². The van der Waals surface area contributed by atoms with Gasteiger partial charge in [0, 0.05) is 15.1 Å². The van der Waals surface area contributed by atoms with Crippen molar-refractivity contribution in [3.8, 4) is 5.75 Å². The van der Waals surface area contributed by atoms with Crippen molar-refractivity contribution in [1.29, 1.82) is 0 Å². The summed E-state index contributed by atoms with van der Waals surface area (Å²) >= 11 is 2.07. The lowest BCUT2D eigenvalue weighted by Crippen LogP contribution is -2.65. The number of nitrogens with zero attached hydrogens (tertiary/aromatic N) is 1. The lowest BCUT2D eigenvalue weighted by Gasteiger charge is -2.53. The minimum Gasteiger partial charge on any atom is -0.510 e. The van der Waals surface area contributed by atoms with Crippen molar-refractivity contribution in [2.24, 2.45) is 17.6 Å². The molecular formula is C21H23IN2O7. The highest BCUT2D eigenvalue weighted by molar-refractivity contribution is 14.1. The van der Waals surface area contributed by atoms with Gasteiger partial charge in [-0.2, -0.15) is 0 Å². The summed E-state index contributed by atoms with van der Waals surface area (Å²) in [7, 11) is 3.24. The number of aromatic hydroxyl groups is 1. The number of halogens is 1. The first kappa shape index (κ1) is 22.1. The lowest BCUT2D eigenvalue weighted by atomic mass is 9.58. The summed E-state index contributed by atoms with van der Waals surface area (Å²) in [6.07, 6.45) is -1.57. The predicted molar refractivity (Wildman–Crippen MR) is 117 cm³/mol. The number of phenolic OH excluding ortho intramolecular Hbond substituents is 1. The molecule has 0 saturated heterocycles. The maximum absolute atomic E-state index is 13.3. The van der Waals surface area contributed by atoms with Crippen molar-refractivity contribution >= 4 is 34.3 Å². The number of fused-ring (bicyclic) bond motifs is 3. The van der Waals surface area contributed by atoms with Gasteiger partial charge < -0.3 is 31.3 Å². The number of hydrogen-bond acceptors (Lipinski definition) is 8. The summed E-state index contributed by atoms with van der Waals surface area (Å²) in [5.74, 6) is -4.69. The Balaban J connectivity index is 1.97. The molecule has 0 fully saturated rings. The number of phenols is 1. The van der Waals surface area contributed by atoms with Gasteiger partial charge in [-0.15, -0.1) is 0 Å². The zero-order valence-electron chi connectivity index (χ0n) is 16.8. The number of hydrogen-bond donors (Lipinski definition) is 6. The fourth-order valence-corrected chi connectivity index (χ4v) is 6.06. The lowest BCUT2D eigenvalue weighted by molar-refractivity contribution is -0.143. The molecule has 166 valence electrons. The van der Waals surface area contributed by atoms with Crippen molar-refractivity contribution in [2.45, 2.75) is 30.6 Å². The Morgan fingerprint density at radius 1 is 1.26 bits per heavy atom. The monoisotopic (exact) mass is 542 g/mol. The number of carbonyl (C=O) groups excluding carboxylic acids is 2. The quantitative estimate of drug-likeness (QED) is 0.295. The molecule has 1 unspecified atom stereocenters. The molecule has 0 spiro atoms. The molecular weight excluding hydrogens is 519 g/mol. The van der Waals surface area contributed by atoms with Gasteiger partial charge in [0.15, 0.2) is 11.4 Å². The third kappa shape index (κ3) is 2.85. The SMILES string of the molecule is CN(C)[C@@H]1C(O)=C(C(N)=O)C(O)[C@@]2(O)C(O)=C3C(=O)c4c(O)ccc(I)c4C[C@H]3C[C@@H]12.